The van der Waals surface area contributed by atoms with Crippen LogP contribution >= 0.6 is 45.8 Å². The molecule has 30 heteroatoms. The summed E-state index contributed by atoms with van der Waals surface area (Å²) in [7, 11) is -7.73. The molecule has 0 radical (unpaired) electrons. The van der Waals surface area contributed by atoms with E-state index in [4.69, 9.17) is 28.9 Å². The monoisotopic (exact) mass is 1700 g/mol. The first-order chi connectivity index (χ1) is 49.8. The molecule has 3 saturated carbocycles. The fourth-order valence-corrected chi connectivity index (χ4v) is 30.5. The number of carbonyl (C=O) groups excluding carboxylic acids is 2. The van der Waals surface area contributed by atoms with Gasteiger partial charge in [-0.2, -0.15) is 30.1 Å². The van der Waals surface area contributed by atoms with Crippen molar-refractivity contribution in [1.29, 1.82) is 0 Å². The average molecular weight is 1710 g/mol. The Bertz CT molecular complexity index is 5320. The van der Waals surface area contributed by atoms with E-state index in [0.717, 1.165) is 95.8 Å². The van der Waals surface area contributed by atoms with Gasteiger partial charge in [0.05, 0.1) is 49.4 Å². The molecule has 8 aromatic heterocycles. The number of unbranched alkanes of at least 4 members (excludes halogenated alkanes) is 3. The van der Waals surface area contributed by atoms with Gasteiger partial charge in [0.1, 0.15) is 23.1 Å². The molecule has 0 unspecified atom stereocenters. The van der Waals surface area contributed by atoms with Gasteiger partial charge < -0.3 is 32.0 Å². The zero-order chi connectivity index (χ0) is 74.2. The first-order valence-electron chi connectivity index (χ1n) is 35.0. The van der Waals surface area contributed by atoms with Crippen molar-refractivity contribution in [3.8, 4) is 0 Å². The molecule has 546 valence electrons. The number of Topliss-reactive ketones (excluding diaryl/α,β-unsaturated/α-hetero) is 2. The maximum Gasteiger partial charge on any atom is 0.269 e. The minimum Gasteiger partial charge on any atom is -0.399 e. The minimum absolute atomic E-state index is 0.0101. The molecular formula is C74H87Cl2IN18O6S2Sn. The number of nitrogens with one attached hydrogen (secondary N) is 7. The molecule has 3 fully saturated rings. The Kier molecular flexibility index (Phi) is 24.7. The molecule has 4 aromatic carbocycles. The van der Waals surface area contributed by atoms with Crippen LogP contribution in [0.5, 0.6) is 0 Å². The van der Waals surface area contributed by atoms with E-state index in [1.165, 1.54) is 67.8 Å². The van der Waals surface area contributed by atoms with Crippen LogP contribution in [0.1, 0.15) is 150 Å². The number of halogens is 3. The number of carbonyl (C=O) groups is 2. The van der Waals surface area contributed by atoms with Crippen molar-refractivity contribution in [1.82, 2.24) is 63.2 Å². The summed E-state index contributed by atoms with van der Waals surface area (Å²) in [4.78, 5) is 53.4. The maximum absolute atomic E-state index is 13.2. The van der Waals surface area contributed by atoms with Gasteiger partial charge in [0.2, 0.25) is 16.5 Å². The minimum atomic E-state index is -3.95. The molecule has 104 heavy (non-hydrogen) atoms. The predicted molar refractivity (Wildman–Crippen MR) is 429 cm³/mol. The van der Waals surface area contributed by atoms with E-state index in [-0.39, 0.29) is 54.8 Å². The Morgan fingerprint density at radius 1 is 0.596 bits per heavy atom. The van der Waals surface area contributed by atoms with Gasteiger partial charge in [0.15, 0.2) is 22.9 Å². The zero-order valence-corrected chi connectivity index (χ0v) is 67.6. The average Bonchev–Trinajstić information content (AvgIpc) is 1.59. The van der Waals surface area contributed by atoms with Gasteiger partial charge in [0, 0.05) is 73.6 Å². The maximum atomic E-state index is 13.2. The van der Waals surface area contributed by atoms with Gasteiger partial charge >= 0.3 is 108 Å². The number of fused-ring (bicyclic) bond motifs is 5. The molecule has 15 rings (SSSR count). The second-order valence-electron chi connectivity index (χ2n) is 26.9. The third-order valence-corrected chi connectivity index (χ3v) is 39.3. The third kappa shape index (κ3) is 18.5. The molecule has 0 spiro atoms. The van der Waals surface area contributed by atoms with Crippen LogP contribution in [-0.2, 0) is 20.0 Å². The smallest absolute Gasteiger partial charge is 0.269 e. The standard InChI is InChI=1S/C18H17ClN4O3S.C18H17N7O.C16H14ClIN4O2S.C7H7N3.3C4H9.C3H5.Sn/c1-10-3-7-13(8-4-10)27(25,26)23-9-14(11(2)24)15-16(20-12-5-6-12)21-18(19)22-17(15)23;1-9(26)13-8-19-16-15(13)17(21-11-4-5-11)24-18(23-16)22-12-3-2-10-7-20-25-14(10)6-12;1-9-2-6-11(7-3-9)25(23,24)22-8-12(18)13-14(19-10-4-5-10)20-16(17)21-15(13)22;8-6-2-1-5-4-9-10-7(5)3-6;3*1-3-4-2;1-3-2;/h3-4,7-9,12H,5-6H2,1-2H3,(H,20,21,22);2-3,6-8,11H,4-5H2,1H3,(H,20,25)(H3,19,21,22,23,24);2-3,6-8,10H,4-5H2,1H3,(H,19,20,21);1-4H,8H2,(H,9,10);3*1,3-4H2,2H3;1H2,2H3;. The number of hydrogen-bond acceptors (Lipinski definition) is 19. The Labute approximate surface area is 632 Å². The number of H-pyrrole nitrogens is 3. The van der Waals surface area contributed by atoms with Gasteiger partial charge in [-0.05, 0) is 173 Å². The van der Waals surface area contributed by atoms with Crippen molar-refractivity contribution >= 4 is 185 Å². The molecule has 0 atom stereocenters. The molecule has 24 nitrogen and oxygen atoms in total. The summed E-state index contributed by atoms with van der Waals surface area (Å²) in [6, 6.07) is 25.8. The Morgan fingerprint density at radius 2 is 1.05 bits per heavy atom. The van der Waals surface area contributed by atoms with E-state index >= 15 is 0 Å². The zero-order valence-electron chi connectivity index (χ0n) is 59.5. The summed E-state index contributed by atoms with van der Waals surface area (Å²) in [5.41, 5.74) is 12.9. The van der Waals surface area contributed by atoms with Gasteiger partial charge in [-0.15, -0.1) is 0 Å². The molecule has 9 N–H and O–H groups in total. The van der Waals surface area contributed by atoms with Crippen LogP contribution in [-0.4, -0.2) is 128 Å². The number of benzene rings is 4. The molecule has 0 aliphatic heterocycles. The van der Waals surface area contributed by atoms with Crippen molar-refractivity contribution in [2.45, 2.75) is 174 Å². The fourth-order valence-electron chi connectivity index (χ4n) is 12.0. The number of nitrogen functional groups attached to an aromatic ring is 1. The van der Waals surface area contributed by atoms with Gasteiger partial charge in [-0.25, -0.2) is 34.7 Å². The van der Waals surface area contributed by atoms with Crippen molar-refractivity contribution in [3.63, 3.8) is 0 Å². The summed E-state index contributed by atoms with van der Waals surface area (Å²) in [5, 5.41) is 30.7. The summed E-state index contributed by atoms with van der Waals surface area (Å²) in [5.74, 6) is 1.84. The van der Waals surface area contributed by atoms with E-state index in [1.54, 1.807) is 85.0 Å². The topological polar surface area (TPSA) is 337 Å². The van der Waals surface area contributed by atoms with Crippen LogP contribution in [0, 0.1) is 17.4 Å². The van der Waals surface area contributed by atoms with Gasteiger partial charge in [-0.1, -0.05) is 35.4 Å². The fraction of sp³-hybridized carbons (Fsp3) is 0.351. The number of nitrogens with zero attached hydrogens (tertiary/aromatic N) is 10. The van der Waals surface area contributed by atoms with E-state index in [1.807, 2.05) is 50.2 Å². The van der Waals surface area contributed by atoms with Crippen LogP contribution in [0.4, 0.5) is 34.8 Å². The number of nitrogens with two attached hydrogens (primary N) is 1. The second kappa shape index (κ2) is 33.5. The normalized spacial score (nSPS) is 13.6. The SMILES string of the molecule is C=[C](C)[Sn]([CH2]CCC)([CH2]CCC)[CH2]CCC.CC(=O)c1c[nH]c2nc(Nc3ccc4cn[nH]c4c3)nc(NC3CC3)c12.CC(=O)c1cn(S(=O)(=O)c2ccc(C)cc2)c2nc(Cl)nc(NC3CC3)c12.Cc1ccc(S(=O)(=O)n2cc(I)c3c(NC4CC4)nc(Cl)nc32)cc1.Nc1ccc2cn[nH]c2c1. The number of anilines is 6. The van der Waals surface area contributed by atoms with Crippen molar-refractivity contribution in [3.05, 3.63) is 162 Å². The number of allylic oxidation sites excluding steroid dienone is 1. The molecule has 0 saturated heterocycles. The Balaban J connectivity index is 0.000000135. The van der Waals surface area contributed by atoms with Gasteiger partial charge in [0.25, 0.3) is 20.0 Å². The summed E-state index contributed by atoms with van der Waals surface area (Å²) < 4.78 is 61.8. The third-order valence-electron chi connectivity index (χ3n) is 18.4. The van der Waals surface area contributed by atoms with Crippen LogP contribution in [0.2, 0.25) is 23.9 Å². The van der Waals surface area contributed by atoms with Crippen molar-refractivity contribution < 1.29 is 26.4 Å². The summed E-state index contributed by atoms with van der Waals surface area (Å²) in [6.07, 6.45) is 22.9. The van der Waals surface area contributed by atoms with E-state index in [9.17, 15) is 26.4 Å². The van der Waals surface area contributed by atoms with E-state index in [0.29, 0.717) is 57.5 Å². The largest absolute Gasteiger partial charge is 0.399 e. The number of aryl methyl sites for hydroxylation is 2. The van der Waals surface area contributed by atoms with E-state index in [2.05, 4.69) is 133 Å². The Hall–Kier alpha value is -8.23. The number of aromatic amines is 3. The number of rotatable bonds is 24. The summed E-state index contributed by atoms with van der Waals surface area (Å²) >= 11 is 12.3. The summed E-state index contributed by atoms with van der Waals surface area (Å²) in [6.45, 7) is 20.4. The first kappa shape index (κ1) is 76.9. The van der Waals surface area contributed by atoms with Crippen molar-refractivity contribution in [2.24, 2.45) is 0 Å². The van der Waals surface area contributed by atoms with Crippen LogP contribution in [0.3, 0.4) is 0 Å². The second-order valence-corrected chi connectivity index (χ2v) is 46.4. The molecule has 8 heterocycles. The number of hydrogen-bond donors (Lipinski definition) is 8. The predicted octanol–water partition coefficient (Wildman–Crippen LogP) is 17.7. The quantitative estimate of drug-likeness (QED) is 0.00916. The number of ketones is 2. The molecule has 3 aliphatic rings. The molecule has 0 bridgehead atoms. The van der Waals surface area contributed by atoms with Gasteiger partial charge in [-0.3, -0.25) is 19.8 Å². The van der Waals surface area contributed by atoms with Crippen LogP contribution in [0.15, 0.2) is 136 Å². The molecular weight excluding hydrogens is 1620 g/mol. The number of aromatic nitrogens is 13. The molecule has 0 amide bonds. The van der Waals surface area contributed by atoms with Crippen molar-refractivity contribution in [2.75, 3.05) is 27.0 Å². The molecule has 3 aliphatic carbocycles. The van der Waals surface area contributed by atoms with Crippen LogP contribution in [0.25, 0.3) is 54.9 Å². The van der Waals surface area contributed by atoms with Crippen LogP contribution < -0.4 is 27.0 Å². The molecule has 12 aromatic rings. The van der Waals surface area contributed by atoms with E-state index < -0.39 is 38.4 Å². The first-order valence-corrected chi connectivity index (χ1v) is 47.2. The Morgan fingerprint density at radius 3 is 1.52 bits per heavy atom.